The summed E-state index contributed by atoms with van der Waals surface area (Å²) in [6, 6.07) is 13.6. The Balaban J connectivity index is 0.000000501. The zero-order valence-electron chi connectivity index (χ0n) is 17.7. The largest absolute Gasteiger partial charge is 0.508 e. The average molecular weight is 432 g/mol. The van der Waals surface area contributed by atoms with E-state index >= 15 is 0 Å². The molecule has 168 valence electrons. The Bertz CT molecular complexity index is 868. The number of aromatic hydroxyl groups is 1. The summed E-state index contributed by atoms with van der Waals surface area (Å²) in [5.74, 6) is -1.59. The third kappa shape index (κ3) is 7.47. The minimum absolute atomic E-state index is 0.331. The number of ether oxygens (including phenoxy) is 2. The molecule has 0 unspecified atom stereocenters. The molecule has 0 radical (unpaired) electrons. The normalized spacial score (nSPS) is 14.3. The summed E-state index contributed by atoms with van der Waals surface area (Å²) >= 11 is 0. The fraction of sp³-hybridized carbons (Fsp3) is 0.364. The highest BCUT2D eigenvalue weighted by Crippen LogP contribution is 2.25. The van der Waals surface area contributed by atoms with Gasteiger partial charge in [-0.3, -0.25) is 9.80 Å². The van der Waals surface area contributed by atoms with Crippen LogP contribution < -0.4 is 9.47 Å². The van der Waals surface area contributed by atoms with Crippen molar-refractivity contribution in [2.24, 2.45) is 0 Å². The highest BCUT2D eigenvalue weighted by Gasteiger charge is 2.19. The molecule has 0 spiro atoms. The number of methoxy groups -OCH3 is 2. The van der Waals surface area contributed by atoms with Crippen molar-refractivity contribution in [2.45, 2.75) is 13.1 Å². The van der Waals surface area contributed by atoms with Crippen molar-refractivity contribution in [1.82, 2.24) is 9.80 Å². The molecule has 0 bridgehead atoms. The zero-order valence-corrected chi connectivity index (χ0v) is 17.7. The lowest BCUT2D eigenvalue weighted by Gasteiger charge is -2.35. The third-order valence-corrected chi connectivity index (χ3v) is 4.91. The van der Waals surface area contributed by atoms with Gasteiger partial charge < -0.3 is 24.8 Å². The van der Waals surface area contributed by atoms with Gasteiger partial charge in [0.05, 0.1) is 14.2 Å². The SMILES string of the molecule is COc1ccc(O)c(CN2CCN(Cc3ccccc3OC)CC2)c1.O=C(O)C(=O)O. The molecule has 3 rings (SSSR count). The summed E-state index contributed by atoms with van der Waals surface area (Å²) in [5, 5.41) is 24.8. The van der Waals surface area contributed by atoms with Crippen LogP contribution in [-0.4, -0.2) is 77.5 Å². The van der Waals surface area contributed by atoms with Crippen LogP contribution in [0, 0.1) is 0 Å². The van der Waals surface area contributed by atoms with Gasteiger partial charge in [0.15, 0.2) is 0 Å². The van der Waals surface area contributed by atoms with Crippen LogP contribution in [0.25, 0.3) is 0 Å². The smallest absolute Gasteiger partial charge is 0.414 e. The number of hydrogen-bond donors (Lipinski definition) is 3. The van der Waals surface area contributed by atoms with E-state index in [0.29, 0.717) is 5.75 Å². The average Bonchev–Trinajstić information content (AvgIpc) is 2.77. The molecule has 1 saturated heterocycles. The summed E-state index contributed by atoms with van der Waals surface area (Å²) < 4.78 is 10.7. The van der Waals surface area contributed by atoms with Gasteiger partial charge in [-0.1, -0.05) is 18.2 Å². The Labute approximate surface area is 181 Å². The Morgan fingerprint density at radius 1 is 0.839 bits per heavy atom. The van der Waals surface area contributed by atoms with Gasteiger partial charge in [-0.25, -0.2) is 9.59 Å². The lowest BCUT2D eigenvalue weighted by Crippen LogP contribution is -2.45. The number of piperazine rings is 1. The fourth-order valence-electron chi connectivity index (χ4n) is 3.24. The maximum atomic E-state index is 10.1. The second-order valence-electron chi connectivity index (χ2n) is 6.97. The van der Waals surface area contributed by atoms with E-state index in [1.165, 1.54) is 5.56 Å². The second-order valence-corrected chi connectivity index (χ2v) is 6.97. The molecule has 0 aliphatic carbocycles. The molecule has 1 fully saturated rings. The molecule has 0 amide bonds. The first-order valence-corrected chi connectivity index (χ1v) is 9.72. The molecule has 31 heavy (non-hydrogen) atoms. The Kier molecular flexibility index (Phi) is 9.11. The van der Waals surface area contributed by atoms with E-state index in [4.69, 9.17) is 29.3 Å². The van der Waals surface area contributed by atoms with Gasteiger partial charge in [0, 0.05) is 50.4 Å². The Morgan fingerprint density at radius 2 is 1.39 bits per heavy atom. The zero-order chi connectivity index (χ0) is 22.8. The lowest BCUT2D eigenvalue weighted by atomic mass is 10.1. The minimum Gasteiger partial charge on any atom is -0.508 e. The quantitative estimate of drug-likeness (QED) is 0.588. The van der Waals surface area contributed by atoms with E-state index in [-0.39, 0.29) is 0 Å². The van der Waals surface area contributed by atoms with Gasteiger partial charge in [0.2, 0.25) is 0 Å². The summed E-state index contributed by atoms with van der Waals surface area (Å²) in [6.07, 6.45) is 0. The molecule has 0 atom stereocenters. The van der Waals surface area contributed by atoms with Crippen LogP contribution in [0.1, 0.15) is 11.1 Å². The number of rotatable bonds is 6. The topological polar surface area (TPSA) is 120 Å². The van der Waals surface area contributed by atoms with Gasteiger partial charge >= 0.3 is 11.9 Å². The molecule has 1 aliphatic heterocycles. The minimum atomic E-state index is -1.82. The number of carboxylic acids is 2. The monoisotopic (exact) mass is 432 g/mol. The van der Waals surface area contributed by atoms with Crippen LogP contribution in [0.15, 0.2) is 42.5 Å². The van der Waals surface area contributed by atoms with Gasteiger partial charge in [-0.15, -0.1) is 0 Å². The Hall–Kier alpha value is -3.30. The van der Waals surface area contributed by atoms with Crippen LogP contribution in [0.5, 0.6) is 17.2 Å². The molecule has 0 saturated carbocycles. The van der Waals surface area contributed by atoms with E-state index in [1.54, 1.807) is 26.4 Å². The highest BCUT2D eigenvalue weighted by molar-refractivity contribution is 6.27. The first-order chi connectivity index (χ1) is 14.8. The molecular formula is C22H28N2O7. The number of phenols is 1. The number of phenolic OH excluding ortho intramolecular Hbond substituents is 1. The Morgan fingerprint density at radius 3 is 1.90 bits per heavy atom. The summed E-state index contributed by atoms with van der Waals surface area (Å²) in [4.78, 5) is 23.0. The van der Waals surface area contributed by atoms with Crippen molar-refractivity contribution in [3.63, 3.8) is 0 Å². The highest BCUT2D eigenvalue weighted by atomic mass is 16.5. The summed E-state index contributed by atoms with van der Waals surface area (Å²) in [7, 11) is 3.37. The van der Waals surface area contributed by atoms with Crippen molar-refractivity contribution in [3.05, 3.63) is 53.6 Å². The van der Waals surface area contributed by atoms with Crippen molar-refractivity contribution >= 4 is 11.9 Å². The molecule has 1 aliphatic rings. The van der Waals surface area contributed by atoms with E-state index < -0.39 is 11.9 Å². The molecule has 9 heteroatoms. The summed E-state index contributed by atoms with van der Waals surface area (Å²) in [5.41, 5.74) is 2.14. The van der Waals surface area contributed by atoms with Gasteiger partial charge in [0.1, 0.15) is 17.2 Å². The predicted octanol–water partition coefficient (Wildman–Crippen LogP) is 1.88. The number of aliphatic carboxylic acids is 2. The van der Waals surface area contributed by atoms with Gasteiger partial charge in [0.25, 0.3) is 0 Å². The molecule has 0 aromatic heterocycles. The maximum absolute atomic E-state index is 10.1. The molecular weight excluding hydrogens is 404 g/mol. The van der Waals surface area contributed by atoms with Gasteiger partial charge in [-0.2, -0.15) is 0 Å². The standard InChI is InChI=1S/C20H26N2O3.C2H2O4/c1-24-18-7-8-19(23)17(13-18)15-22-11-9-21(10-12-22)14-16-5-3-4-6-20(16)25-2;3-1(4)2(5)6/h3-8,13,23H,9-12,14-15H2,1-2H3;(H,3,4)(H,5,6). The number of carbonyl (C=O) groups is 2. The number of hydrogen-bond acceptors (Lipinski definition) is 7. The van der Waals surface area contributed by atoms with Crippen LogP contribution in [0.3, 0.4) is 0 Å². The molecule has 2 aromatic carbocycles. The van der Waals surface area contributed by atoms with Crippen molar-refractivity contribution in [2.75, 3.05) is 40.4 Å². The fourth-order valence-corrected chi connectivity index (χ4v) is 3.24. The number of nitrogens with zero attached hydrogens (tertiary/aromatic N) is 2. The van der Waals surface area contributed by atoms with E-state index in [2.05, 4.69) is 21.9 Å². The lowest BCUT2D eigenvalue weighted by molar-refractivity contribution is -0.159. The van der Waals surface area contributed by atoms with Gasteiger partial charge in [-0.05, 0) is 24.3 Å². The predicted molar refractivity (Wildman–Crippen MR) is 113 cm³/mol. The van der Waals surface area contributed by atoms with E-state index in [1.807, 2.05) is 18.2 Å². The first-order valence-electron chi connectivity index (χ1n) is 9.72. The number of carboxylic acid groups (broad SMARTS) is 2. The van der Waals surface area contributed by atoms with Crippen LogP contribution >= 0.6 is 0 Å². The van der Waals surface area contributed by atoms with Crippen LogP contribution in [0.4, 0.5) is 0 Å². The first kappa shape index (κ1) is 24.0. The van der Waals surface area contributed by atoms with Crippen molar-refractivity contribution in [1.29, 1.82) is 0 Å². The van der Waals surface area contributed by atoms with Crippen LogP contribution in [0.2, 0.25) is 0 Å². The van der Waals surface area contributed by atoms with Crippen LogP contribution in [-0.2, 0) is 22.7 Å². The second kappa shape index (κ2) is 11.8. The molecule has 3 N–H and O–H groups in total. The van der Waals surface area contributed by atoms with Crippen molar-refractivity contribution in [3.8, 4) is 17.2 Å². The molecule has 1 heterocycles. The van der Waals surface area contributed by atoms with E-state index in [0.717, 1.165) is 56.3 Å². The molecule has 9 nitrogen and oxygen atoms in total. The van der Waals surface area contributed by atoms with Crippen molar-refractivity contribution < 1.29 is 34.4 Å². The third-order valence-electron chi connectivity index (χ3n) is 4.91. The maximum Gasteiger partial charge on any atom is 0.414 e. The van der Waals surface area contributed by atoms with E-state index in [9.17, 15) is 5.11 Å². The number of benzene rings is 2. The molecule has 2 aromatic rings. The number of para-hydroxylation sites is 1. The summed E-state index contributed by atoms with van der Waals surface area (Å²) in [6.45, 7) is 5.61.